The maximum absolute atomic E-state index is 13.3. The van der Waals surface area contributed by atoms with Gasteiger partial charge in [0.25, 0.3) is 5.88 Å². The molecule has 0 atom stereocenters. The first-order valence-corrected chi connectivity index (χ1v) is 6.80. The van der Waals surface area contributed by atoms with E-state index in [1.807, 2.05) is 0 Å². The van der Waals surface area contributed by atoms with Crippen molar-refractivity contribution < 1.29 is 22.7 Å². The van der Waals surface area contributed by atoms with Crippen molar-refractivity contribution in [2.24, 2.45) is 0 Å². The van der Waals surface area contributed by atoms with Crippen LogP contribution in [0, 0.1) is 17.5 Å². The molecule has 1 N–H and O–H groups in total. The molecular weight excluding hydrogens is 323 g/mol. The predicted octanol–water partition coefficient (Wildman–Crippen LogP) is 3.88. The molecule has 2 aromatic carbocycles. The number of hydrogen-bond donors (Lipinski definition) is 1. The molecule has 0 aliphatic heterocycles. The van der Waals surface area contributed by atoms with Crippen molar-refractivity contribution in [1.82, 2.24) is 15.4 Å². The molecule has 8 heteroatoms. The van der Waals surface area contributed by atoms with Gasteiger partial charge in [-0.15, -0.1) is 0 Å². The smallest absolute Gasteiger partial charge is 0.269 e. The number of carbonyl (C=O) groups excluding carboxylic acids is 1. The Morgan fingerprint density at radius 1 is 1.04 bits per heavy atom. The number of aromatic amines is 1. The lowest BCUT2D eigenvalue weighted by molar-refractivity contribution is 0.101. The monoisotopic (exact) mass is 333 g/mol. The van der Waals surface area contributed by atoms with Gasteiger partial charge in [-0.1, -0.05) is 22.4 Å². The van der Waals surface area contributed by atoms with Gasteiger partial charge >= 0.3 is 0 Å². The molecule has 0 unspecified atom stereocenters. The quantitative estimate of drug-likeness (QED) is 0.581. The molecule has 0 bridgehead atoms. The van der Waals surface area contributed by atoms with E-state index in [0.717, 1.165) is 12.1 Å². The Morgan fingerprint density at radius 3 is 2.25 bits per heavy atom. The molecule has 0 spiro atoms. The average molecular weight is 333 g/mol. The Morgan fingerprint density at radius 2 is 1.67 bits per heavy atom. The first-order chi connectivity index (χ1) is 11.5. The van der Waals surface area contributed by atoms with Crippen molar-refractivity contribution in [3.05, 3.63) is 59.5 Å². The number of aromatic nitrogens is 3. The number of ether oxygens (including phenoxy) is 1. The highest BCUT2D eigenvalue weighted by atomic mass is 19.2. The Hall–Kier alpha value is -3.16. The van der Waals surface area contributed by atoms with Crippen LogP contribution >= 0.6 is 0 Å². The summed E-state index contributed by atoms with van der Waals surface area (Å²) in [4.78, 5) is 11.4. The maximum atomic E-state index is 13.3. The van der Waals surface area contributed by atoms with Gasteiger partial charge < -0.3 is 4.74 Å². The van der Waals surface area contributed by atoms with Crippen LogP contribution in [-0.4, -0.2) is 21.2 Å². The van der Waals surface area contributed by atoms with Crippen LogP contribution in [0.3, 0.4) is 0 Å². The van der Waals surface area contributed by atoms with E-state index in [4.69, 9.17) is 4.74 Å². The molecular formula is C16H10F3N3O2. The van der Waals surface area contributed by atoms with Crippen LogP contribution in [0.5, 0.6) is 11.6 Å². The Bertz CT molecular complexity index is 884. The molecule has 24 heavy (non-hydrogen) atoms. The fourth-order valence-corrected chi connectivity index (χ4v) is 2.07. The van der Waals surface area contributed by atoms with E-state index in [1.54, 1.807) is 0 Å². The Labute approximate surface area is 134 Å². The number of nitrogens with one attached hydrogen (secondary N) is 1. The molecule has 0 aliphatic carbocycles. The summed E-state index contributed by atoms with van der Waals surface area (Å²) < 4.78 is 45.0. The second-order valence-electron chi connectivity index (χ2n) is 4.93. The van der Waals surface area contributed by atoms with Gasteiger partial charge in [0.2, 0.25) is 0 Å². The largest absolute Gasteiger partial charge is 0.436 e. The minimum absolute atomic E-state index is 0.0223. The highest BCUT2D eigenvalue weighted by Crippen LogP contribution is 2.28. The van der Waals surface area contributed by atoms with Gasteiger partial charge in [0.05, 0.1) is 0 Å². The lowest BCUT2D eigenvalue weighted by Gasteiger charge is -2.06. The maximum Gasteiger partial charge on any atom is 0.269 e. The van der Waals surface area contributed by atoms with Gasteiger partial charge in [-0.25, -0.2) is 13.2 Å². The summed E-state index contributed by atoms with van der Waals surface area (Å²) in [5, 5.41) is 9.58. The molecule has 0 radical (unpaired) electrons. The molecule has 1 heterocycles. The molecule has 0 saturated carbocycles. The number of halogens is 3. The average Bonchev–Trinajstić information content (AvgIpc) is 3.01. The number of hydrogen-bond acceptors (Lipinski definition) is 4. The second-order valence-corrected chi connectivity index (χ2v) is 4.93. The molecule has 122 valence electrons. The van der Waals surface area contributed by atoms with Crippen LogP contribution < -0.4 is 4.74 Å². The van der Waals surface area contributed by atoms with Crippen molar-refractivity contribution in [1.29, 1.82) is 0 Å². The number of nitrogens with zero attached hydrogens (tertiary/aromatic N) is 2. The van der Waals surface area contributed by atoms with Crippen molar-refractivity contribution in [2.75, 3.05) is 0 Å². The zero-order valence-electron chi connectivity index (χ0n) is 12.3. The highest BCUT2D eigenvalue weighted by Gasteiger charge is 2.14. The van der Waals surface area contributed by atoms with Gasteiger partial charge in [0, 0.05) is 6.92 Å². The second kappa shape index (κ2) is 6.15. The van der Waals surface area contributed by atoms with Crippen molar-refractivity contribution in [3.8, 4) is 22.8 Å². The fourth-order valence-electron chi connectivity index (χ4n) is 2.07. The third-order valence-electron chi connectivity index (χ3n) is 3.25. The van der Waals surface area contributed by atoms with Crippen LogP contribution in [0.4, 0.5) is 13.2 Å². The van der Waals surface area contributed by atoms with Gasteiger partial charge in [0.1, 0.15) is 5.75 Å². The van der Waals surface area contributed by atoms with Gasteiger partial charge in [0.15, 0.2) is 28.9 Å². The molecule has 3 rings (SSSR count). The highest BCUT2D eigenvalue weighted by molar-refractivity contribution is 5.94. The molecule has 0 aliphatic rings. The zero-order chi connectivity index (χ0) is 17.3. The van der Waals surface area contributed by atoms with Gasteiger partial charge in [-0.2, -0.15) is 0 Å². The minimum Gasteiger partial charge on any atom is -0.436 e. The summed E-state index contributed by atoms with van der Waals surface area (Å²) in [6.07, 6.45) is 0. The number of benzene rings is 2. The third-order valence-corrected chi connectivity index (χ3v) is 3.25. The van der Waals surface area contributed by atoms with Crippen LogP contribution in [0.15, 0.2) is 36.4 Å². The Balaban J connectivity index is 1.86. The van der Waals surface area contributed by atoms with E-state index in [9.17, 15) is 18.0 Å². The normalized spacial score (nSPS) is 10.7. The number of ketones is 1. The topological polar surface area (TPSA) is 67.9 Å². The summed E-state index contributed by atoms with van der Waals surface area (Å²) in [7, 11) is 0. The van der Waals surface area contributed by atoms with Crippen LogP contribution in [0.25, 0.3) is 11.1 Å². The summed E-state index contributed by atoms with van der Waals surface area (Å²) in [5.41, 5.74) is 0.776. The standard InChI is InChI=1S/C16H10F3N3O2/c1-8(23)15-16(21-22-20-15)24-11-4-2-9(3-5-11)10-6-12(17)14(19)13(18)7-10/h2-7H,1H3,(H,20,21,22). The fraction of sp³-hybridized carbons (Fsp3) is 0.0625. The first-order valence-electron chi connectivity index (χ1n) is 6.80. The predicted molar refractivity (Wildman–Crippen MR) is 78.2 cm³/mol. The van der Waals surface area contributed by atoms with Gasteiger partial charge in [-0.05, 0) is 35.4 Å². The van der Waals surface area contributed by atoms with E-state index in [-0.39, 0.29) is 22.9 Å². The SMILES string of the molecule is CC(=O)c1[nH]nnc1Oc1ccc(-c2cc(F)c(F)c(F)c2)cc1. The summed E-state index contributed by atoms with van der Waals surface area (Å²) in [6, 6.07) is 7.92. The molecule has 3 aromatic rings. The molecule has 1 aromatic heterocycles. The zero-order valence-corrected chi connectivity index (χ0v) is 12.3. The number of rotatable bonds is 4. The van der Waals surface area contributed by atoms with E-state index < -0.39 is 17.5 Å². The molecule has 5 nitrogen and oxygen atoms in total. The van der Waals surface area contributed by atoms with Crippen molar-refractivity contribution in [2.45, 2.75) is 6.92 Å². The molecule has 0 saturated heterocycles. The van der Waals surface area contributed by atoms with E-state index in [2.05, 4.69) is 15.4 Å². The van der Waals surface area contributed by atoms with Crippen LogP contribution in [0.1, 0.15) is 17.4 Å². The lowest BCUT2D eigenvalue weighted by Crippen LogP contribution is -1.96. The molecule has 0 amide bonds. The van der Waals surface area contributed by atoms with Crippen LogP contribution in [0.2, 0.25) is 0 Å². The van der Waals surface area contributed by atoms with Gasteiger partial charge in [-0.3, -0.25) is 9.89 Å². The van der Waals surface area contributed by atoms with E-state index in [1.165, 1.54) is 31.2 Å². The summed E-state index contributed by atoms with van der Waals surface area (Å²) in [5.74, 6) is -3.96. The first kappa shape index (κ1) is 15.7. The number of Topliss-reactive ketones (excluding diaryl/α,β-unsaturated/α-hetero) is 1. The lowest BCUT2D eigenvalue weighted by atomic mass is 10.1. The van der Waals surface area contributed by atoms with E-state index in [0.29, 0.717) is 11.3 Å². The van der Waals surface area contributed by atoms with Crippen LogP contribution in [-0.2, 0) is 0 Å². The van der Waals surface area contributed by atoms with Crippen molar-refractivity contribution in [3.63, 3.8) is 0 Å². The summed E-state index contributed by atoms with van der Waals surface area (Å²) in [6.45, 7) is 1.34. The third kappa shape index (κ3) is 2.98. The summed E-state index contributed by atoms with van der Waals surface area (Å²) >= 11 is 0. The number of carbonyl (C=O) groups is 1. The molecule has 0 fully saturated rings. The van der Waals surface area contributed by atoms with Crippen molar-refractivity contribution >= 4 is 5.78 Å². The van der Waals surface area contributed by atoms with E-state index >= 15 is 0 Å². The number of H-pyrrole nitrogens is 1. The minimum atomic E-state index is -1.51. The Kier molecular flexibility index (Phi) is 4.03.